The molecule has 1 N–H and O–H groups in total. The van der Waals surface area contributed by atoms with Gasteiger partial charge in [0.05, 0.1) is 19.2 Å². The highest BCUT2D eigenvalue weighted by molar-refractivity contribution is 6.08. The second-order valence-corrected chi connectivity index (χ2v) is 7.80. The average Bonchev–Trinajstić information content (AvgIpc) is 3.26. The maximum absolute atomic E-state index is 13.8. The standard InChI is InChI=1S/C24H21F2N3O2/c25-16-6-8-22-20(12-16)21-13-17(26)7-9-23(21)29(22)15-19(30)14-27-10-11-28(24(27)31)18-4-2-1-3-5-18/h1-9,12-13,19,30H,10-11,14-15H2. The molecule has 3 aromatic carbocycles. The van der Waals surface area contributed by atoms with Crippen molar-refractivity contribution >= 4 is 33.5 Å². The molecule has 0 saturated carbocycles. The topological polar surface area (TPSA) is 48.7 Å². The first kappa shape index (κ1) is 19.5. The van der Waals surface area contributed by atoms with Crippen molar-refractivity contribution in [1.82, 2.24) is 9.47 Å². The first-order valence-corrected chi connectivity index (χ1v) is 10.2. The van der Waals surface area contributed by atoms with Gasteiger partial charge in [0, 0.05) is 40.6 Å². The largest absolute Gasteiger partial charge is 0.389 e. The smallest absolute Gasteiger partial charge is 0.324 e. The third-order valence-electron chi connectivity index (χ3n) is 5.78. The van der Waals surface area contributed by atoms with Crippen molar-refractivity contribution in [1.29, 1.82) is 0 Å². The van der Waals surface area contributed by atoms with E-state index in [1.807, 2.05) is 34.9 Å². The van der Waals surface area contributed by atoms with Gasteiger partial charge in [0.2, 0.25) is 0 Å². The number of urea groups is 1. The van der Waals surface area contributed by atoms with Crippen LogP contribution < -0.4 is 4.90 Å². The van der Waals surface area contributed by atoms with Gasteiger partial charge in [-0.05, 0) is 48.5 Å². The number of carbonyl (C=O) groups excluding carboxylic acids is 1. The van der Waals surface area contributed by atoms with Gasteiger partial charge >= 0.3 is 6.03 Å². The fourth-order valence-electron chi connectivity index (χ4n) is 4.37. The van der Waals surface area contributed by atoms with Gasteiger partial charge in [0.15, 0.2) is 0 Å². The lowest BCUT2D eigenvalue weighted by Gasteiger charge is -2.22. The normalized spacial score (nSPS) is 15.4. The van der Waals surface area contributed by atoms with Gasteiger partial charge in [0.25, 0.3) is 0 Å². The SMILES string of the molecule is O=C1N(CC(O)Cn2c3ccc(F)cc3c3cc(F)ccc32)CCN1c1ccccc1. The number of amides is 2. The molecule has 5 rings (SSSR count). The second-order valence-electron chi connectivity index (χ2n) is 7.80. The Labute approximate surface area is 177 Å². The molecule has 7 heteroatoms. The second kappa shape index (κ2) is 7.67. The number of β-amino-alcohol motifs (C(OH)–C–C–N with tert-alkyl or cyclic N) is 1. The number of nitrogens with zero attached hydrogens (tertiary/aromatic N) is 3. The molecule has 1 aliphatic rings. The molecule has 1 aliphatic heterocycles. The monoisotopic (exact) mass is 421 g/mol. The van der Waals surface area contributed by atoms with Crippen LogP contribution in [0.2, 0.25) is 0 Å². The summed E-state index contributed by atoms with van der Waals surface area (Å²) in [6.45, 7) is 1.45. The number of halogens is 2. The molecule has 0 spiro atoms. The van der Waals surface area contributed by atoms with Gasteiger partial charge in [-0.2, -0.15) is 0 Å². The van der Waals surface area contributed by atoms with Crippen LogP contribution in [0, 0.1) is 11.6 Å². The number of hydrogen-bond acceptors (Lipinski definition) is 2. The van der Waals surface area contributed by atoms with Gasteiger partial charge in [-0.3, -0.25) is 4.90 Å². The minimum absolute atomic E-state index is 0.142. The van der Waals surface area contributed by atoms with Crippen LogP contribution in [-0.4, -0.2) is 46.3 Å². The van der Waals surface area contributed by atoms with Crippen LogP contribution in [0.15, 0.2) is 66.7 Å². The van der Waals surface area contributed by atoms with E-state index in [2.05, 4.69) is 0 Å². The minimum atomic E-state index is -0.839. The quantitative estimate of drug-likeness (QED) is 0.520. The van der Waals surface area contributed by atoms with E-state index in [0.717, 1.165) is 5.69 Å². The Morgan fingerprint density at radius 3 is 2.06 bits per heavy atom. The van der Waals surface area contributed by atoms with Gasteiger partial charge in [-0.1, -0.05) is 18.2 Å². The Bertz CT molecular complexity index is 1210. The predicted molar refractivity (Wildman–Crippen MR) is 116 cm³/mol. The lowest BCUT2D eigenvalue weighted by atomic mass is 10.1. The summed E-state index contributed by atoms with van der Waals surface area (Å²) in [7, 11) is 0. The minimum Gasteiger partial charge on any atom is -0.389 e. The molecule has 158 valence electrons. The summed E-state index contributed by atoms with van der Waals surface area (Å²) < 4.78 is 29.5. The number of aliphatic hydroxyl groups excluding tert-OH is 1. The molecule has 2 heterocycles. The number of carbonyl (C=O) groups is 1. The number of rotatable bonds is 5. The van der Waals surface area contributed by atoms with Crippen LogP contribution in [0.25, 0.3) is 21.8 Å². The summed E-state index contributed by atoms with van der Waals surface area (Å²) in [5.74, 6) is -0.806. The van der Waals surface area contributed by atoms with Crippen LogP contribution >= 0.6 is 0 Å². The summed E-state index contributed by atoms with van der Waals surface area (Å²) in [5, 5.41) is 12.0. The number of hydrogen-bond donors (Lipinski definition) is 1. The third-order valence-corrected chi connectivity index (χ3v) is 5.78. The third kappa shape index (κ3) is 3.51. The van der Waals surface area contributed by atoms with Crippen molar-refractivity contribution in [2.24, 2.45) is 0 Å². The highest BCUT2D eigenvalue weighted by atomic mass is 19.1. The molecule has 1 fully saturated rings. The molecule has 1 atom stereocenters. The fourth-order valence-corrected chi connectivity index (χ4v) is 4.37. The highest BCUT2D eigenvalue weighted by Crippen LogP contribution is 2.30. The van der Waals surface area contributed by atoms with E-state index in [1.54, 1.807) is 21.9 Å². The summed E-state index contributed by atoms with van der Waals surface area (Å²) in [6, 6.07) is 18.0. The summed E-state index contributed by atoms with van der Waals surface area (Å²) >= 11 is 0. The number of benzene rings is 3. The molecule has 0 radical (unpaired) electrons. The lowest BCUT2D eigenvalue weighted by molar-refractivity contribution is 0.119. The van der Waals surface area contributed by atoms with Gasteiger partial charge in [0.1, 0.15) is 11.6 Å². The first-order chi connectivity index (χ1) is 15.0. The average molecular weight is 421 g/mol. The van der Waals surface area contributed by atoms with Crippen molar-refractivity contribution in [2.45, 2.75) is 12.6 Å². The maximum atomic E-state index is 13.8. The zero-order valence-electron chi connectivity index (χ0n) is 16.7. The fraction of sp³-hybridized carbons (Fsp3) is 0.208. The van der Waals surface area contributed by atoms with E-state index in [1.165, 1.54) is 24.3 Å². The van der Waals surface area contributed by atoms with Crippen molar-refractivity contribution < 1.29 is 18.7 Å². The zero-order chi connectivity index (χ0) is 21.5. The van der Waals surface area contributed by atoms with E-state index >= 15 is 0 Å². The van der Waals surface area contributed by atoms with E-state index in [4.69, 9.17) is 0 Å². The van der Waals surface area contributed by atoms with Crippen LogP contribution in [0.3, 0.4) is 0 Å². The molecule has 0 bridgehead atoms. The summed E-state index contributed by atoms with van der Waals surface area (Å²) in [6.07, 6.45) is -0.839. The van der Waals surface area contributed by atoms with Crippen LogP contribution in [0.1, 0.15) is 0 Å². The highest BCUT2D eigenvalue weighted by Gasteiger charge is 2.31. The molecular weight excluding hydrogens is 400 g/mol. The van der Waals surface area contributed by atoms with Gasteiger partial charge in [-0.25, -0.2) is 13.6 Å². The Morgan fingerprint density at radius 2 is 1.45 bits per heavy atom. The van der Waals surface area contributed by atoms with E-state index < -0.39 is 17.7 Å². The maximum Gasteiger partial charge on any atom is 0.324 e. The molecule has 1 saturated heterocycles. The molecule has 0 aliphatic carbocycles. The van der Waals surface area contributed by atoms with E-state index in [0.29, 0.717) is 34.9 Å². The summed E-state index contributed by atoms with van der Waals surface area (Å²) in [4.78, 5) is 16.1. The van der Waals surface area contributed by atoms with E-state index in [9.17, 15) is 18.7 Å². The summed E-state index contributed by atoms with van der Waals surface area (Å²) in [5.41, 5.74) is 2.25. The molecule has 31 heavy (non-hydrogen) atoms. The van der Waals surface area contributed by atoms with Crippen LogP contribution in [0.5, 0.6) is 0 Å². The van der Waals surface area contributed by atoms with Gasteiger partial charge in [-0.15, -0.1) is 0 Å². The van der Waals surface area contributed by atoms with Gasteiger partial charge < -0.3 is 14.6 Å². The zero-order valence-corrected chi connectivity index (χ0v) is 16.7. The number of fused-ring (bicyclic) bond motifs is 3. The molecule has 1 aromatic heterocycles. The number of aliphatic hydroxyl groups is 1. The Hall–Kier alpha value is -3.45. The van der Waals surface area contributed by atoms with Crippen molar-refractivity contribution in [3.63, 3.8) is 0 Å². The van der Waals surface area contributed by atoms with Crippen molar-refractivity contribution in [3.05, 3.63) is 78.4 Å². The Kier molecular flexibility index (Phi) is 4.82. The predicted octanol–water partition coefficient (Wildman–Crippen LogP) is 4.38. The van der Waals surface area contributed by atoms with Crippen LogP contribution in [0.4, 0.5) is 19.3 Å². The van der Waals surface area contributed by atoms with Crippen molar-refractivity contribution in [3.8, 4) is 0 Å². The molecular formula is C24H21F2N3O2. The molecule has 4 aromatic rings. The number of para-hydroxylation sites is 1. The Morgan fingerprint density at radius 1 is 0.839 bits per heavy atom. The lowest BCUT2D eigenvalue weighted by Crippen LogP contribution is -2.38. The van der Waals surface area contributed by atoms with Crippen LogP contribution in [-0.2, 0) is 6.54 Å². The Balaban J connectivity index is 1.39. The number of aromatic nitrogens is 1. The van der Waals surface area contributed by atoms with Crippen molar-refractivity contribution in [2.75, 3.05) is 24.5 Å². The van der Waals surface area contributed by atoms with E-state index in [-0.39, 0.29) is 19.1 Å². The molecule has 2 amide bonds. The number of anilines is 1. The molecule has 1 unspecified atom stereocenters. The molecule has 5 nitrogen and oxygen atoms in total. The first-order valence-electron chi connectivity index (χ1n) is 10.2.